The van der Waals surface area contributed by atoms with Crippen molar-refractivity contribution in [2.24, 2.45) is 0 Å². The molecule has 0 aliphatic rings. The lowest BCUT2D eigenvalue weighted by atomic mass is 10.3. The molecule has 0 saturated heterocycles. The van der Waals surface area contributed by atoms with Gasteiger partial charge in [0.15, 0.2) is 0 Å². The third kappa shape index (κ3) is 3.18. The number of rotatable bonds is 6. The third-order valence-corrected chi connectivity index (χ3v) is 2.73. The average Bonchev–Trinajstić information content (AvgIpc) is 2.98. The Labute approximate surface area is 112 Å². The molecule has 19 heavy (non-hydrogen) atoms. The molecule has 0 spiro atoms. The topological polar surface area (TPSA) is 71.8 Å². The van der Waals surface area contributed by atoms with Crippen LogP contribution in [-0.4, -0.2) is 45.4 Å². The normalized spacial score (nSPS) is 10.5. The van der Waals surface area contributed by atoms with Crippen LogP contribution in [0.25, 0.3) is 5.95 Å². The molecule has 0 saturated carbocycles. The van der Waals surface area contributed by atoms with E-state index in [1.807, 2.05) is 24.2 Å². The van der Waals surface area contributed by atoms with Crippen LogP contribution >= 0.6 is 0 Å². The molecule has 0 aliphatic heterocycles. The van der Waals surface area contributed by atoms with Gasteiger partial charge < -0.3 is 10.2 Å². The average molecular weight is 261 g/mol. The van der Waals surface area contributed by atoms with Crippen LogP contribution in [0, 0.1) is 0 Å². The van der Waals surface area contributed by atoms with Crippen molar-refractivity contribution in [1.29, 1.82) is 0 Å². The zero-order chi connectivity index (χ0) is 13.7. The molecule has 0 amide bonds. The lowest BCUT2D eigenvalue weighted by Gasteiger charge is -2.17. The van der Waals surface area contributed by atoms with E-state index >= 15 is 0 Å². The smallest absolute Gasteiger partial charge is 0.257 e. The molecule has 2 aromatic rings. The van der Waals surface area contributed by atoms with Crippen LogP contribution < -0.4 is 10.2 Å². The van der Waals surface area contributed by atoms with Crippen LogP contribution in [0.15, 0.2) is 18.5 Å². The number of unbranched alkanes of at least 4 members (excludes halogenated alkanes) is 1. The van der Waals surface area contributed by atoms with Gasteiger partial charge in [0.05, 0.1) is 0 Å². The molecule has 7 heteroatoms. The first kappa shape index (κ1) is 13.3. The lowest BCUT2D eigenvalue weighted by molar-refractivity contribution is 0.733. The van der Waals surface area contributed by atoms with Crippen LogP contribution in [0.4, 0.5) is 11.9 Å². The van der Waals surface area contributed by atoms with E-state index in [4.69, 9.17) is 0 Å². The van der Waals surface area contributed by atoms with Crippen molar-refractivity contribution in [3.05, 3.63) is 18.5 Å². The highest BCUT2D eigenvalue weighted by Crippen LogP contribution is 2.12. The number of nitrogens with zero attached hydrogens (tertiary/aromatic N) is 6. The zero-order valence-corrected chi connectivity index (χ0v) is 11.5. The molecule has 0 unspecified atom stereocenters. The molecule has 102 valence electrons. The molecule has 0 atom stereocenters. The molecule has 1 N–H and O–H groups in total. The molecule has 7 nitrogen and oxygen atoms in total. The highest BCUT2D eigenvalue weighted by atomic mass is 15.4. The molecule has 2 heterocycles. The van der Waals surface area contributed by atoms with Crippen molar-refractivity contribution in [2.45, 2.75) is 19.8 Å². The molecule has 0 bridgehead atoms. The summed E-state index contributed by atoms with van der Waals surface area (Å²) < 4.78 is 1.62. The first-order chi connectivity index (χ1) is 9.24. The molecular formula is C12H19N7. The van der Waals surface area contributed by atoms with E-state index in [0.717, 1.165) is 19.4 Å². The van der Waals surface area contributed by atoms with Gasteiger partial charge in [-0.05, 0) is 12.5 Å². The summed E-state index contributed by atoms with van der Waals surface area (Å²) >= 11 is 0. The van der Waals surface area contributed by atoms with Crippen molar-refractivity contribution in [3.8, 4) is 5.95 Å². The summed E-state index contributed by atoms with van der Waals surface area (Å²) in [4.78, 5) is 15.1. The van der Waals surface area contributed by atoms with Crippen molar-refractivity contribution in [3.63, 3.8) is 0 Å². The minimum absolute atomic E-state index is 0.516. The highest BCUT2D eigenvalue weighted by molar-refractivity contribution is 5.38. The summed E-state index contributed by atoms with van der Waals surface area (Å²) in [5.74, 6) is 1.71. The van der Waals surface area contributed by atoms with Gasteiger partial charge in [0, 0.05) is 33.0 Å². The third-order valence-electron chi connectivity index (χ3n) is 2.73. The largest absolute Gasteiger partial charge is 0.357 e. The fourth-order valence-corrected chi connectivity index (χ4v) is 1.62. The van der Waals surface area contributed by atoms with Gasteiger partial charge in [-0.1, -0.05) is 13.3 Å². The number of hydrogen-bond donors (Lipinski definition) is 1. The Morgan fingerprint density at radius 3 is 2.79 bits per heavy atom. The van der Waals surface area contributed by atoms with E-state index in [0.29, 0.717) is 17.8 Å². The monoisotopic (exact) mass is 261 g/mol. The molecule has 0 aromatic carbocycles. The molecule has 2 rings (SSSR count). The fourth-order valence-electron chi connectivity index (χ4n) is 1.62. The van der Waals surface area contributed by atoms with Gasteiger partial charge in [-0.25, -0.2) is 4.68 Å². The van der Waals surface area contributed by atoms with Crippen molar-refractivity contribution >= 4 is 11.9 Å². The molecule has 0 radical (unpaired) electrons. The zero-order valence-electron chi connectivity index (χ0n) is 11.5. The van der Waals surface area contributed by atoms with Crippen molar-refractivity contribution < 1.29 is 0 Å². The maximum Gasteiger partial charge on any atom is 0.257 e. The summed E-state index contributed by atoms with van der Waals surface area (Å²) in [6.45, 7) is 3.08. The van der Waals surface area contributed by atoms with Gasteiger partial charge in [0.25, 0.3) is 5.95 Å². The number of anilines is 2. The van der Waals surface area contributed by atoms with Gasteiger partial charge in [-0.2, -0.15) is 20.1 Å². The van der Waals surface area contributed by atoms with Crippen LogP contribution in [0.5, 0.6) is 0 Å². The van der Waals surface area contributed by atoms with E-state index in [1.54, 1.807) is 17.9 Å². The fraction of sp³-hybridized carbons (Fsp3) is 0.500. The summed E-state index contributed by atoms with van der Waals surface area (Å²) in [7, 11) is 3.77. The molecule has 0 aliphatic carbocycles. The van der Waals surface area contributed by atoms with E-state index in [1.165, 1.54) is 0 Å². The summed E-state index contributed by atoms with van der Waals surface area (Å²) in [6, 6.07) is 1.84. The van der Waals surface area contributed by atoms with Crippen molar-refractivity contribution in [1.82, 2.24) is 24.7 Å². The summed E-state index contributed by atoms with van der Waals surface area (Å²) in [6.07, 6.45) is 5.75. The first-order valence-electron chi connectivity index (χ1n) is 6.39. The molecule has 2 aromatic heterocycles. The van der Waals surface area contributed by atoms with Gasteiger partial charge in [-0.15, -0.1) is 0 Å². The Balaban J connectivity index is 2.31. The highest BCUT2D eigenvalue weighted by Gasteiger charge is 2.10. The molecular weight excluding hydrogens is 242 g/mol. The Bertz CT molecular complexity index is 509. The maximum absolute atomic E-state index is 4.44. The maximum atomic E-state index is 4.44. The Morgan fingerprint density at radius 1 is 1.32 bits per heavy atom. The lowest BCUT2D eigenvalue weighted by Crippen LogP contribution is -2.22. The van der Waals surface area contributed by atoms with Gasteiger partial charge >= 0.3 is 0 Å². The minimum Gasteiger partial charge on any atom is -0.357 e. The van der Waals surface area contributed by atoms with Crippen LogP contribution in [-0.2, 0) is 0 Å². The van der Waals surface area contributed by atoms with Crippen molar-refractivity contribution in [2.75, 3.05) is 30.9 Å². The van der Waals surface area contributed by atoms with E-state index in [9.17, 15) is 0 Å². The second-order valence-electron chi connectivity index (χ2n) is 4.23. The number of aromatic nitrogens is 5. The van der Waals surface area contributed by atoms with Crippen LogP contribution in [0.2, 0.25) is 0 Å². The summed E-state index contributed by atoms with van der Waals surface area (Å²) in [5, 5.41) is 7.09. The Hall–Kier alpha value is -2.18. The van der Waals surface area contributed by atoms with Crippen LogP contribution in [0.1, 0.15) is 19.8 Å². The number of hydrogen-bond acceptors (Lipinski definition) is 6. The van der Waals surface area contributed by atoms with E-state index in [2.05, 4.69) is 32.3 Å². The van der Waals surface area contributed by atoms with E-state index < -0.39 is 0 Å². The second-order valence-corrected chi connectivity index (χ2v) is 4.23. The van der Waals surface area contributed by atoms with E-state index in [-0.39, 0.29) is 0 Å². The Morgan fingerprint density at radius 2 is 2.16 bits per heavy atom. The van der Waals surface area contributed by atoms with Gasteiger partial charge in [0.1, 0.15) is 0 Å². The van der Waals surface area contributed by atoms with Crippen LogP contribution in [0.3, 0.4) is 0 Å². The first-order valence-corrected chi connectivity index (χ1v) is 6.39. The molecule has 0 fully saturated rings. The SMILES string of the molecule is CCCCN(C)c1nc(NC)nc(-n2cccn2)n1. The standard InChI is InChI=1S/C12H19N7/c1-4-5-8-18(3)11-15-10(13-2)16-12(17-11)19-9-6-7-14-19/h6-7,9H,4-5,8H2,1-3H3,(H,13,15,16,17). The van der Waals surface area contributed by atoms with Gasteiger partial charge in [-0.3, -0.25) is 0 Å². The predicted molar refractivity (Wildman–Crippen MR) is 74.7 cm³/mol. The second kappa shape index (κ2) is 6.12. The minimum atomic E-state index is 0.516. The summed E-state index contributed by atoms with van der Waals surface area (Å²) in [5.41, 5.74) is 0. The van der Waals surface area contributed by atoms with Gasteiger partial charge in [0.2, 0.25) is 11.9 Å². The Kier molecular flexibility index (Phi) is 4.27. The number of nitrogens with one attached hydrogen (secondary N) is 1. The quantitative estimate of drug-likeness (QED) is 0.846. The predicted octanol–water partition coefficient (Wildman–Crippen LogP) is 1.34.